The summed E-state index contributed by atoms with van der Waals surface area (Å²) < 4.78 is 0.900. The summed E-state index contributed by atoms with van der Waals surface area (Å²) in [4.78, 5) is 4.39. The van der Waals surface area contributed by atoms with Crippen LogP contribution in [-0.4, -0.2) is 31.0 Å². The minimum atomic E-state index is 0.900. The summed E-state index contributed by atoms with van der Waals surface area (Å²) >= 11 is 0. The second kappa shape index (κ2) is 2.20. The minimum Gasteiger partial charge on any atom is -0.280 e. The Morgan fingerprint density at radius 1 is 1.40 bits per heavy atom. The van der Waals surface area contributed by atoms with Crippen molar-refractivity contribution in [2.75, 3.05) is 20.6 Å². The quantitative estimate of drug-likeness (QED) is 0.450. The average molecular weight is 139 g/mol. The van der Waals surface area contributed by atoms with Gasteiger partial charge < -0.3 is 0 Å². The van der Waals surface area contributed by atoms with E-state index in [1.165, 1.54) is 5.84 Å². The zero-order valence-electron chi connectivity index (χ0n) is 7.18. The number of likely N-dealkylation sites (N-methyl/N-ethyl adjacent to an activating group) is 1. The van der Waals surface area contributed by atoms with Gasteiger partial charge in [-0.25, -0.2) is 4.99 Å². The Morgan fingerprint density at radius 3 is 2.40 bits per heavy atom. The number of allylic oxidation sites excluding steroid dienone is 1. The lowest BCUT2D eigenvalue weighted by molar-refractivity contribution is -0.794. The van der Waals surface area contributed by atoms with E-state index in [1.807, 2.05) is 6.92 Å². The fourth-order valence-corrected chi connectivity index (χ4v) is 0.929. The maximum absolute atomic E-state index is 4.39. The fraction of sp³-hybridized carbons (Fsp3) is 0.625. The van der Waals surface area contributed by atoms with Gasteiger partial charge in [-0.1, -0.05) is 0 Å². The molecule has 0 aromatic carbocycles. The van der Waals surface area contributed by atoms with Crippen molar-refractivity contribution < 1.29 is 4.48 Å². The monoisotopic (exact) mass is 139 g/mol. The van der Waals surface area contributed by atoms with Crippen molar-refractivity contribution in [3.63, 3.8) is 0 Å². The third-order valence-corrected chi connectivity index (χ3v) is 2.06. The zero-order valence-corrected chi connectivity index (χ0v) is 7.18. The molecule has 1 aliphatic heterocycles. The molecule has 2 nitrogen and oxygen atoms in total. The highest BCUT2D eigenvalue weighted by Gasteiger charge is 2.21. The van der Waals surface area contributed by atoms with Crippen molar-refractivity contribution in [2.45, 2.75) is 13.8 Å². The van der Waals surface area contributed by atoms with Crippen molar-refractivity contribution in [1.82, 2.24) is 0 Å². The lowest BCUT2D eigenvalue weighted by atomic mass is 10.3. The first-order valence-electron chi connectivity index (χ1n) is 3.58. The molecule has 0 bridgehead atoms. The number of rotatable bonds is 0. The molecule has 0 amide bonds. The Bertz CT molecular complexity index is 199. The van der Waals surface area contributed by atoms with Crippen molar-refractivity contribution in [1.29, 1.82) is 0 Å². The molecule has 0 fully saturated rings. The summed E-state index contributed by atoms with van der Waals surface area (Å²) in [6, 6.07) is 0. The second-order valence-corrected chi connectivity index (χ2v) is 3.37. The zero-order chi connectivity index (χ0) is 7.78. The first-order valence-corrected chi connectivity index (χ1v) is 3.58. The molecule has 0 spiro atoms. The van der Waals surface area contributed by atoms with E-state index < -0.39 is 0 Å². The standard InChI is InChI=1S/C8H15N2/c1-7-5-6-10(3,4)8(2)9-7/h5H,6H2,1-4H3/q+1. The number of aliphatic imine (C=N–C) groups is 1. The Morgan fingerprint density at radius 2 is 2.00 bits per heavy atom. The third-order valence-electron chi connectivity index (χ3n) is 2.06. The van der Waals surface area contributed by atoms with Crippen molar-refractivity contribution in [3.8, 4) is 0 Å². The van der Waals surface area contributed by atoms with Crippen LogP contribution in [-0.2, 0) is 0 Å². The normalized spacial score (nSPS) is 23.6. The average Bonchev–Trinajstić information content (AvgIpc) is 1.81. The van der Waals surface area contributed by atoms with E-state index in [4.69, 9.17) is 0 Å². The van der Waals surface area contributed by atoms with Gasteiger partial charge in [0.2, 0.25) is 0 Å². The largest absolute Gasteiger partial charge is 0.280 e. The first-order chi connectivity index (χ1) is 4.52. The van der Waals surface area contributed by atoms with E-state index in [1.54, 1.807) is 0 Å². The molecule has 1 rings (SSSR count). The highest BCUT2D eigenvalue weighted by atomic mass is 15.3. The second-order valence-electron chi connectivity index (χ2n) is 3.37. The number of hydrogen-bond donors (Lipinski definition) is 0. The smallest absolute Gasteiger partial charge is 0.199 e. The summed E-state index contributed by atoms with van der Waals surface area (Å²) in [6.07, 6.45) is 2.17. The summed E-state index contributed by atoms with van der Waals surface area (Å²) in [5, 5.41) is 0. The van der Waals surface area contributed by atoms with Gasteiger partial charge in [-0.15, -0.1) is 0 Å². The molecule has 0 aromatic rings. The van der Waals surface area contributed by atoms with Crippen LogP contribution in [0.15, 0.2) is 16.8 Å². The topological polar surface area (TPSA) is 12.4 Å². The number of nitrogens with zero attached hydrogens (tertiary/aromatic N) is 2. The van der Waals surface area contributed by atoms with E-state index >= 15 is 0 Å². The summed E-state index contributed by atoms with van der Waals surface area (Å²) in [5.41, 5.74) is 1.15. The molecule has 0 saturated carbocycles. The molecule has 0 atom stereocenters. The van der Waals surface area contributed by atoms with Crippen LogP contribution < -0.4 is 0 Å². The maximum Gasteiger partial charge on any atom is 0.199 e. The predicted octanol–water partition coefficient (Wildman–Crippen LogP) is 1.40. The Balaban J connectivity index is 2.88. The highest BCUT2D eigenvalue weighted by molar-refractivity contribution is 5.74. The summed E-state index contributed by atoms with van der Waals surface area (Å²) in [6.45, 7) is 5.19. The van der Waals surface area contributed by atoms with Crippen LogP contribution in [0.25, 0.3) is 0 Å². The van der Waals surface area contributed by atoms with Crippen LogP contribution in [0.3, 0.4) is 0 Å². The molecule has 0 aromatic heterocycles. The molecule has 0 unspecified atom stereocenters. The molecule has 10 heavy (non-hydrogen) atoms. The van der Waals surface area contributed by atoms with Gasteiger partial charge in [-0.2, -0.15) is 0 Å². The van der Waals surface area contributed by atoms with E-state index in [2.05, 4.69) is 32.1 Å². The number of quaternary nitrogens is 1. The van der Waals surface area contributed by atoms with Crippen molar-refractivity contribution in [3.05, 3.63) is 11.8 Å². The maximum atomic E-state index is 4.39. The number of amidine groups is 1. The van der Waals surface area contributed by atoms with Crippen molar-refractivity contribution in [2.24, 2.45) is 4.99 Å². The van der Waals surface area contributed by atoms with E-state index in [0.29, 0.717) is 0 Å². The summed E-state index contributed by atoms with van der Waals surface area (Å²) in [7, 11) is 4.34. The summed E-state index contributed by atoms with van der Waals surface area (Å²) in [5.74, 6) is 1.19. The van der Waals surface area contributed by atoms with Crippen LogP contribution in [0.2, 0.25) is 0 Å². The van der Waals surface area contributed by atoms with Crippen LogP contribution in [0.5, 0.6) is 0 Å². The van der Waals surface area contributed by atoms with E-state index in [9.17, 15) is 0 Å². The molecule has 56 valence electrons. The number of hydrogen-bond acceptors (Lipinski definition) is 1. The lowest BCUT2D eigenvalue weighted by Crippen LogP contribution is -2.45. The Kier molecular flexibility index (Phi) is 1.65. The molecule has 1 heterocycles. The molecule has 1 aliphatic rings. The van der Waals surface area contributed by atoms with Gasteiger partial charge in [0.1, 0.15) is 6.54 Å². The van der Waals surface area contributed by atoms with Gasteiger partial charge in [-0.3, -0.25) is 4.48 Å². The van der Waals surface area contributed by atoms with Crippen molar-refractivity contribution >= 4 is 5.84 Å². The molecule has 0 N–H and O–H groups in total. The SMILES string of the molecule is CC1=CC[N+](C)(C)C(C)=N1. The van der Waals surface area contributed by atoms with Crippen LogP contribution >= 0.6 is 0 Å². The molecular weight excluding hydrogens is 124 g/mol. The molecular formula is C8H15N2+. The van der Waals surface area contributed by atoms with Crippen LogP contribution in [0.4, 0.5) is 0 Å². The first kappa shape index (κ1) is 7.48. The van der Waals surface area contributed by atoms with Gasteiger partial charge >= 0.3 is 0 Å². The van der Waals surface area contributed by atoms with Gasteiger partial charge in [0.05, 0.1) is 14.1 Å². The highest BCUT2D eigenvalue weighted by Crippen LogP contribution is 2.10. The minimum absolute atomic E-state index is 0.900. The van der Waals surface area contributed by atoms with Gasteiger partial charge in [0, 0.05) is 12.6 Å². The Hall–Kier alpha value is -0.630. The van der Waals surface area contributed by atoms with Crippen LogP contribution in [0, 0.1) is 0 Å². The van der Waals surface area contributed by atoms with Gasteiger partial charge in [0.15, 0.2) is 5.84 Å². The Labute approximate surface area is 62.5 Å². The molecule has 0 aliphatic carbocycles. The van der Waals surface area contributed by atoms with Gasteiger partial charge in [-0.05, 0) is 13.0 Å². The molecule has 0 radical (unpaired) electrons. The molecule has 2 heteroatoms. The molecule has 0 saturated heterocycles. The third kappa shape index (κ3) is 1.27. The van der Waals surface area contributed by atoms with E-state index in [0.717, 1.165) is 16.7 Å². The van der Waals surface area contributed by atoms with Gasteiger partial charge in [0.25, 0.3) is 0 Å². The van der Waals surface area contributed by atoms with E-state index in [-0.39, 0.29) is 0 Å². The fourth-order valence-electron chi connectivity index (χ4n) is 0.929. The predicted molar refractivity (Wildman–Crippen MR) is 43.8 cm³/mol. The lowest BCUT2D eigenvalue weighted by Gasteiger charge is -2.29. The van der Waals surface area contributed by atoms with Crippen LogP contribution in [0.1, 0.15) is 13.8 Å².